The summed E-state index contributed by atoms with van der Waals surface area (Å²) in [5.41, 5.74) is 6.12. The Balaban J connectivity index is 2.70. The molecule has 0 aliphatic heterocycles. The third kappa shape index (κ3) is 3.45. The largest absolute Gasteiger partial charge is 0.326 e. The molecule has 0 aromatic heterocycles. The van der Waals surface area contributed by atoms with E-state index in [0.717, 1.165) is 12.8 Å². The molecule has 4 heteroatoms. The van der Waals surface area contributed by atoms with Crippen LogP contribution in [0.2, 0.25) is 0 Å². The molecule has 1 rings (SSSR count). The van der Waals surface area contributed by atoms with E-state index in [0.29, 0.717) is 17.8 Å². The fraction of sp³-hybridized carbons (Fsp3) is 1.00. The predicted molar refractivity (Wildman–Crippen MR) is 68.0 cm³/mol. The molecular weight excluding hydrogens is 222 g/mol. The summed E-state index contributed by atoms with van der Waals surface area (Å²) in [4.78, 5) is 0. The molecule has 0 heterocycles. The molecule has 1 saturated carbocycles. The van der Waals surface area contributed by atoms with Crippen molar-refractivity contribution in [2.24, 2.45) is 23.5 Å². The number of nitrogens with two attached hydrogens (primary N) is 1. The Morgan fingerprint density at radius 1 is 1.12 bits per heavy atom. The number of rotatable bonds is 3. The second kappa shape index (κ2) is 5.05. The van der Waals surface area contributed by atoms with Gasteiger partial charge in [0.2, 0.25) is 0 Å². The lowest BCUT2D eigenvalue weighted by Crippen LogP contribution is -2.45. The summed E-state index contributed by atoms with van der Waals surface area (Å²) in [5.74, 6) is 1.71. The zero-order chi connectivity index (χ0) is 12.5. The Labute approximate surface area is 99.7 Å². The zero-order valence-electron chi connectivity index (χ0n) is 10.8. The minimum Gasteiger partial charge on any atom is -0.326 e. The van der Waals surface area contributed by atoms with E-state index >= 15 is 0 Å². The Hall–Kier alpha value is -0.0900. The monoisotopic (exact) mass is 247 g/mol. The van der Waals surface area contributed by atoms with E-state index in [4.69, 9.17) is 5.73 Å². The molecule has 0 spiro atoms. The van der Waals surface area contributed by atoms with E-state index in [1.165, 1.54) is 12.7 Å². The van der Waals surface area contributed by atoms with E-state index in [2.05, 4.69) is 13.8 Å². The van der Waals surface area contributed by atoms with Crippen molar-refractivity contribution in [1.82, 2.24) is 0 Å². The van der Waals surface area contributed by atoms with Gasteiger partial charge in [-0.15, -0.1) is 0 Å². The summed E-state index contributed by atoms with van der Waals surface area (Å²) in [6.07, 6.45) is 4.68. The van der Waals surface area contributed by atoms with Crippen molar-refractivity contribution in [2.75, 3.05) is 6.26 Å². The van der Waals surface area contributed by atoms with Crippen LogP contribution in [0, 0.1) is 17.8 Å². The highest BCUT2D eigenvalue weighted by Gasteiger charge is 2.34. The van der Waals surface area contributed by atoms with E-state index < -0.39 is 15.1 Å². The lowest BCUT2D eigenvalue weighted by Gasteiger charge is -2.36. The Morgan fingerprint density at radius 3 is 1.94 bits per heavy atom. The lowest BCUT2D eigenvalue weighted by molar-refractivity contribution is 0.191. The Morgan fingerprint density at radius 2 is 1.56 bits per heavy atom. The third-order valence-corrected chi connectivity index (χ3v) is 5.64. The van der Waals surface area contributed by atoms with Crippen molar-refractivity contribution in [2.45, 2.75) is 51.3 Å². The molecule has 1 fully saturated rings. The molecule has 0 aromatic carbocycles. The summed E-state index contributed by atoms with van der Waals surface area (Å²) in [6.45, 7) is 6.21. The van der Waals surface area contributed by atoms with Crippen molar-refractivity contribution in [3.63, 3.8) is 0 Å². The smallest absolute Gasteiger partial charge is 0.151 e. The molecule has 0 aromatic rings. The molecule has 4 unspecified atom stereocenters. The van der Waals surface area contributed by atoms with Gasteiger partial charge in [0.15, 0.2) is 9.84 Å². The van der Waals surface area contributed by atoms with E-state index in [1.54, 1.807) is 6.92 Å². The highest BCUT2D eigenvalue weighted by atomic mass is 32.2. The second-order valence-corrected chi connectivity index (χ2v) is 8.19. The van der Waals surface area contributed by atoms with E-state index in [9.17, 15) is 8.42 Å². The van der Waals surface area contributed by atoms with Gasteiger partial charge >= 0.3 is 0 Å². The third-order valence-electron chi connectivity index (χ3n) is 3.98. The fourth-order valence-electron chi connectivity index (χ4n) is 2.99. The van der Waals surface area contributed by atoms with Crippen molar-refractivity contribution >= 4 is 9.84 Å². The van der Waals surface area contributed by atoms with Crippen LogP contribution in [0.15, 0.2) is 0 Å². The number of hydrogen-bond donors (Lipinski definition) is 1. The van der Waals surface area contributed by atoms with Crippen molar-refractivity contribution < 1.29 is 8.42 Å². The van der Waals surface area contributed by atoms with Crippen molar-refractivity contribution in [3.8, 4) is 0 Å². The summed E-state index contributed by atoms with van der Waals surface area (Å²) in [5, 5.41) is -0.421. The highest BCUT2D eigenvalue weighted by Crippen LogP contribution is 2.35. The van der Waals surface area contributed by atoms with Gasteiger partial charge in [-0.05, 0) is 43.9 Å². The SMILES string of the molecule is CC1CC(C)CC(C(N)C(C)S(C)(=O)=O)C1. The maximum Gasteiger partial charge on any atom is 0.151 e. The summed E-state index contributed by atoms with van der Waals surface area (Å²) < 4.78 is 23.0. The molecule has 1 aliphatic rings. The predicted octanol–water partition coefficient (Wildman–Crippen LogP) is 1.82. The molecule has 0 saturated heterocycles. The first-order valence-corrected chi connectivity index (χ1v) is 8.11. The first-order chi connectivity index (χ1) is 7.21. The molecule has 4 atom stereocenters. The van der Waals surface area contributed by atoms with Crippen LogP contribution in [-0.4, -0.2) is 26.0 Å². The molecule has 0 radical (unpaired) electrons. The molecule has 0 bridgehead atoms. The Kier molecular flexibility index (Phi) is 4.41. The van der Waals surface area contributed by atoms with Crippen LogP contribution in [0.4, 0.5) is 0 Å². The van der Waals surface area contributed by atoms with Gasteiger partial charge in [-0.2, -0.15) is 0 Å². The molecule has 1 aliphatic carbocycles. The number of sulfone groups is 1. The van der Waals surface area contributed by atoms with Crippen LogP contribution in [0.25, 0.3) is 0 Å². The van der Waals surface area contributed by atoms with Crippen molar-refractivity contribution in [3.05, 3.63) is 0 Å². The van der Waals surface area contributed by atoms with E-state index in [1.807, 2.05) is 0 Å². The van der Waals surface area contributed by atoms with Gasteiger partial charge in [-0.25, -0.2) is 8.42 Å². The normalized spacial score (nSPS) is 35.7. The second-order valence-electron chi connectivity index (χ2n) is 5.79. The topological polar surface area (TPSA) is 60.2 Å². The maximum atomic E-state index is 11.5. The molecular formula is C12H25NO2S. The van der Waals surface area contributed by atoms with E-state index in [-0.39, 0.29) is 6.04 Å². The lowest BCUT2D eigenvalue weighted by atomic mass is 9.73. The summed E-state index contributed by atoms with van der Waals surface area (Å²) in [7, 11) is -3.01. The quantitative estimate of drug-likeness (QED) is 0.827. The van der Waals surface area contributed by atoms with Gasteiger partial charge in [0.05, 0.1) is 5.25 Å². The van der Waals surface area contributed by atoms with Crippen LogP contribution >= 0.6 is 0 Å². The minimum absolute atomic E-state index is 0.208. The van der Waals surface area contributed by atoms with Crippen molar-refractivity contribution in [1.29, 1.82) is 0 Å². The van der Waals surface area contributed by atoms with Gasteiger partial charge in [0, 0.05) is 12.3 Å². The van der Waals surface area contributed by atoms with Crippen LogP contribution in [0.1, 0.15) is 40.0 Å². The summed E-state index contributed by atoms with van der Waals surface area (Å²) in [6, 6.07) is -0.208. The maximum absolute atomic E-state index is 11.5. The summed E-state index contributed by atoms with van der Waals surface area (Å²) >= 11 is 0. The standard InChI is InChI=1S/C12H25NO2S/c1-8-5-9(2)7-11(6-8)12(13)10(3)16(4,14)15/h8-12H,5-7,13H2,1-4H3. The number of hydrogen-bond acceptors (Lipinski definition) is 3. The minimum atomic E-state index is -3.01. The van der Waals surface area contributed by atoms with Gasteiger partial charge in [-0.1, -0.05) is 13.8 Å². The molecule has 16 heavy (non-hydrogen) atoms. The molecule has 3 nitrogen and oxygen atoms in total. The van der Waals surface area contributed by atoms with Crippen LogP contribution in [0.5, 0.6) is 0 Å². The van der Waals surface area contributed by atoms with Crippen LogP contribution < -0.4 is 5.73 Å². The highest BCUT2D eigenvalue weighted by molar-refractivity contribution is 7.91. The Bertz CT molecular complexity index is 316. The average Bonchev–Trinajstić information content (AvgIpc) is 2.12. The fourth-order valence-corrected chi connectivity index (χ4v) is 3.79. The van der Waals surface area contributed by atoms with Gasteiger partial charge in [0.25, 0.3) is 0 Å². The first-order valence-electron chi connectivity index (χ1n) is 6.16. The average molecular weight is 247 g/mol. The van der Waals surface area contributed by atoms with Crippen LogP contribution in [-0.2, 0) is 9.84 Å². The zero-order valence-corrected chi connectivity index (χ0v) is 11.6. The molecule has 2 N–H and O–H groups in total. The van der Waals surface area contributed by atoms with Crippen LogP contribution in [0.3, 0.4) is 0 Å². The van der Waals surface area contributed by atoms with Gasteiger partial charge in [0.1, 0.15) is 0 Å². The molecule has 96 valence electrons. The first kappa shape index (κ1) is 14.0. The van der Waals surface area contributed by atoms with Gasteiger partial charge in [-0.3, -0.25) is 0 Å². The van der Waals surface area contributed by atoms with Gasteiger partial charge < -0.3 is 5.73 Å². The molecule has 0 amide bonds.